The van der Waals surface area contributed by atoms with E-state index in [0.29, 0.717) is 10.7 Å². The Kier molecular flexibility index (Phi) is 3.99. The second-order valence-electron chi connectivity index (χ2n) is 5.57. The van der Waals surface area contributed by atoms with Gasteiger partial charge in [0.2, 0.25) is 0 Å². The molecule has 0 spiro atoms. The normalized spacial score (nSPS) is 16.8. The fourth-order valence-corrected chi connectivity index (χ4v) is 3.04. The zero-order valence-electron chi connectivity index (χ0n) is 11.8. The van der Waals surface area contributed by atoms with Crippen LogP contribution in [-0.4, -0.2) is 31.0 Å². The van der Waals surface area contributed by atoms with E-state index < -0.39 is 0 Å². The Morgan fingerprint density at radius 1 is 1.58 bits per heavy atom. The van der Waals surface area contributed by atoms with E-state index in [0.717, 1.165) is 18.2 Å². The van der Waals surface area contributed by atoms with Crippen LogP contribution in [0.15, 0.2) is 0 Å². The van der Waals surface area contributed by atoms with Crippen molar-refractivity contribution in [3.63, 3.8) is 0 Å². The predicted molar refractivity (Wildman–Crippen MR) is 79.8 cm³/mol. The molecule has 1 amide bonds. The molecule has 1 aromatic heterocycles. The monoisotopic (exact) mass is 282 g/mol. The number of anilines is 2. The van der Waals surface area contributed by atoms with Gasteiger partial charge in [-0.05, 0) is 25.2 Å². The van der Waals surface area contributed by atoms with Gasteiger partial charge in [0.15, 0.2) is 5.13 Å². The highest BCUT2D eigenvalue weighted by molar-refractivity contribution is 7.18. The lowest BCUT2D eigenvalue weighted by Gasteiger charge is -2.38. The number of nitrogens with two attached hydrogens (primary N) is 1. The molecule has 1 aromatic rings. The molecule has 0 aliphatic heterocycles. The maximum absolute atomic E-state index is 12.1. The zero-order valence-corrected chi connectivity index (χ0v) is 12.6. The summed E-state index contributed by atoms with van der Waals surface area (Å²) in [6.07, 6.45) is 3.64. The van der Waals surface area contributed by atoms with E-state index in [-0.39, 0.29) is 11.3 Å². The van der Waals surface area contributed by atoms with Crippen LogP contribution in [0.3, 0.4) is 0 Å². The number of hydrogen-bond acceptors (Lipinski definition) is 5. The Morgan fingerprint density at radius 3 is 2.79 bits per heavy atom. The number of amides is 1. The van der Waals surface area contributed by atoms with Crippen molar-refractivity contribution in [2.75, 3.05) is 30.8 Å². The number of hydrogen-bond donors (Lipinski definition) is 2. The van der Waals surface area contributed by atoms with Gasteiger partial charge in [0.25, 0.3) is 5.91 Å². The van der Waals surface area contributed by atoms with Crippen molar-refractivity contribution in [3.05, 3.63) is 4.88 Å². The first-order valence-electron chi connectivity index (χ1n) is 6.71. The van der Waals surface area contributed by atoms with Crippen LogP contribution in [0.5, 0.6) is 0 Å². The molecule has 106 valence electrons. The number of nitrogens with one attached hydrogen (secondary N) is 1. The summed E-state index contributed by atoms with van der Waals surface area (Å²) in [6.45, 7) is 5.81. The molecule has 0 bridgehead atoms. The quantitative estimate of drug-likeness (QED) is 0.867. The molecule has 1 aliphatic rings. The molecule has 1 fully saturated rings. The fourth-order valence-electron chi connectivity index (χ4n) is 2.11. The fraction of sp³-hybridized carbons (Fsp3) is 0.692. The summed E-state index contributed by atoms with van der Waals surface area (Å²) in [5, 5.41) is 3.78. The van der Waals surface area contributed by atoms with E-state index in [4.69, 9.17) is 5.73 Å². The largest absolute Gasteiger partial charge is 0.382 e. The number of nitrogen functional groups attached to an aromatic ring is 1. The van der Waals surface area contributed by atoms with Crippen LogP contribution in [-0.2, 0) is 0 Å². The van der Waals surface area contributed by atoms with Crippen LogP contribution < -0.4 is 16.0 Å². The van der Waals surface area contributed by atoms with Crippen LogP contribution in [0.4, 0.5) is 10.9 Å². The Bertz CT molecular complexity index is 467. The topological polar surface area (TPSA) is 71.2 Å². The van der Waals surface area contributed by atoms with Gasteiger partial charge in [0, 0.05) is 20.1 Å². The number of nitrogens with zero attached hydrogens (tertiary/aromatic N) is 2. The smallest absolute Gasteiger partial charge is 0.265 e. The Labute approximate surface area is 118 Å². The highest BCUT2D eigenvalue weighted by atomic mass is 32.1. The van der Waals surface area contributed by atoms with Crippen molar-refractivity contribution in [1.82, 2.24) is 10.3 Å². The molecular weight excluding hydrogens is 260 g/mol. The summed E-state index contributed by atoms with van der Waals surface area (Å²) in [5.74, 6) is 0.232. The van der Waals surface area contributed by atoms with Crippen molar-refractivity contribution in [2.45, 2.75) is 33.1 Å². The van der Waals surface area contributed by atoms with Crippen LogP contribution in [0, 0.1) is 5.41 Å². The van der Waals surface area contributed by atoms with Gasteiger partial charge in [0.05, 0.1) is 0 Å². The SMILES string of the molecule is CCN(C)c1nc(N)c(C(=O)NCC2(C)CCC2)s1. The summed E-state index contributed by atoms with van der Waals surface area (Å²) >= 11 is 1.35. The second kappa shape index (κ2) is 5.36. The predicted octanol–water partition coefficient (Wildman–Crippen LogP) is 2.10. The molecule has 6 heteroatoms. The zero-order chi connectivity index (χ0) is 14.0. The molecule has 2 rings (SSSR count). The van der Waals surface area contributed by atoms with Crippen molar-refractivity contribution in [3.8, 4) is 0 Å². The summed E-state index contributed by atoms with van der Waals surface area (Å²) in [5.41, 5.74) is 6.11. The maximum Gasteiger partial charge on any atom is 0.265 e. The Balaban J connectivity index is 2.00. The number of thiazole rings is 1. The minimum atomic E-state index is -0.0983. The molecule has 0 saturated heterocycles. The van der Waals surface area contributed by atoms with E-state index in [1.807, 2.05) is 18.9 Å². The van der Waals surface area contributed by atoms with E-state index in [9.17, 15) is 4.79 Å². The summed E-state index contributed by atoms with van der Waals surface area (Å²) in [4.78, 5) is 18.9. The molecule has 0 radical (unpaired) electrons. The van der Waals surface area contributed by atoms with Gasteiger partial charge in [-0.25, -0.2) is 4.98 Å². The standard InChI is InChI=1S/C13H22N4OS/c1-4-17(3)12-16-10(14)9(19-12)11(18)15-8-13(2)6-5-7-13/h4-8,14H2,1-3H3,(H,15,18). The summed E-state index contributed by atoms with van der Waals surface area (Å²) in [7, 11) is 1.94. The molecule has 0 aromatic carbocycles. The molecule has 0 atom stereocenters. The van der Waals surface area contributed by atoms with Crippen molar-refractivity contribution < 1.29 is 4.79 Å². The van der Waals surface area contributed by atoms with Gasteiger partial charge < -0.3 is 16.0 Å². The lowest BCUT2D eigenvalue weighted by atomic mass is 9.70. The van der Waals surface area contributed by atoms with Gasteiger partial charge in [-0.2, -0.15) is 0 Å². The Morgan fingerprint density at radius 2 is 2.26 bits per heavy atom. The molecular formula is C13H22N4OS. The molecule has 0 unspecified atom stereocenters. The van der Waals surface area contributed by atoms with Crippen molar-refractivity contribution >= 4 is 28.2 Å². The lowest BCUT2D eigenvalue weighted by molar-refractivity contribution is 0.0895. The highest BCUT2D eigenvalue weighted by Gasteiger charge is 2.32. The van der Waals surface area contributed by atoms with E-state index >= 15 is 0 Å². The minimum absolute atomic E-state index is 0.0983. The molecule has 1 saturated carbocycles. The van der Waals surface area contributed by atoms with Gasteiger partial charge in [0.1, 0.15) is 10.7 Å². The van der Waals surface area contributed by atoms with Gasteiger partial charge in [-0.3, -0.25) is 4.79 Å². The van der Waals surface area contributed by atoms with E-state index in [1.165, 1.54) is 30.6 Å². The molecule has 1 aliphatic carbocycles. The van der Waals surface area contributed by atoms with Gasteiger partial charge in [-0.15, -0.1) is 0 Å². The Hall–Kier alpha value is -1.30. The first-order valence-corrected chi connectivity index (χ1v) is 7.52. The molecule has 1 heterocycles. The average Bonchev–Trinajstić information content (AvgIpc) is 2.75. The van der Waals surface area contributed by atoms with Gasteiger partial charge in [-0.1, -0.05) is 24.7 Å². The third-order valence-corrected chi connectivity index (χ3v) is 5.07. The third kappa shape index (κ3) is 3.00. The maximum atomic E-state index is 12.1. The van der Waals surface area contributed by atoms with E-state index in [1.54, 1.807) is 0 Å². The number of aromatic nitrogens is 1. The van der Waals surface area contributed by atoms with Gasteiger partial charge >= 0.3 is 0 Å². The number of rotatable bonds is 5. The van der Waals surface area contributed by atoms with Crippen LogP contribution in [0.25, 0.3) is 0 Å². The van der Waals surface area contributed by atoms with Crippen LogP contribution in [0.1, 0.15) is 42.8 Å². The van der Waals surface area contributed by atoms with Crippen molar-refractivity contribution in [2.24, 2.45) is 5.41 Å². The molecule has 3 N–H and O–H groups in total. The third-order valence-electron chi connectivity index (χ3n) is 3.89. The van der Waals surface area contributed by atoms with Crippen molar-refractivity contribution in [1.29, 1.82) is 0 Å². The van der Waals surface area contributed by atoms with Crippen LogP contribution in [0.2, 0.25) is 0 Å². The summed E-state index contributed by atoms with van der Waals surface area (Å²) < 4.78 is 0. The minimum Gasteiger partial charge on any atom is -0.382 e. The highest BCUT2D eigenvalue weighted by Crippen LogP contribution is 2.39. The summed E-state index contributed by atoms with van der Waals surface area (Å²) in [6, 6.07) is 0. The second-order valence-corrected chi connectivity index (χ2v) is 6.55. The lowest BCUT2D eigenvalue weighted by Crippen LogP contribution is -2.39. The molecule has 19 heavy (non-hydrogen) atoms. The first kappa shape index (κ1) is 14.1. The number of carbonyl (C=O) groups excluding carboxylic acids is 1. The first-order chi connectivity index (χ1) is 8.95. The number of carbonyl (C=O) groups is 1. The molecule has 5 nitrogen and oxygen atoms in total. The average molecular weight is 282 g/mol. The van der Waals surface area contributed by atoms with E-state index in [2.05, 4.69) is 17.2 Å². The van der Waals surface area contributed by atoms with Crippen LogP contribution >= 0.6 is 11.3 Å².